The predicted octanol–water partition coefficient (Wildman–Crippen LogP) is 7.14. The van der Waals surface area contributed by atoms with Crippen molar-refractivity contribution in [3.63, 3.8) is 0 Å². The van der Waals surface area contributed by atoms with Crippen LogP contribution in [0.25, 0.3) is 43.9 Å². The van der Waals surface area contributed by atoms with Gasteiger partial charge < -0.3 is 13.9 Å². The van der Waals surface area contributed by atoms with E-state index < -0.39 is 18.3 Å². The number of aromatic amines is 1. The molecule has 6 rings (SSSR count). The van der Waals surface area contributed by atoms with E-state index in [0.29, 0.717) is 22.6 Å². The van der Waals surface area contributed by atoms with Crippen molar-refractivity contribution in [2.24, 2.45) is 5.18 Å². The third-order valence-corrected chi connectivity index (χ3v) is 7.66. The number of nitrogens with zero attached hydrogens (tertiary/aromatic N) is 2. The van der Waals surface area contributed by atoms with Crippen LogP contribution in [0.3, 0.4) is 0 Å². The maximum Gasteiger partial charge on any atom is 0.417 e. The summed E-state index contributed by atoms with van der Waals surface area (Å²) in [7, 11) is 0. The number of nitrogens with one attached hydrogen (secondary N) is 1. The summed E-state index contributed by atoms with van der Waals surface area (Å²) in [5, 5.41) is 3.09. The fourth-order valence-corrected chi connectivity index (χ4v) is 5.54. The molecule has 208 valence electrons. The van der Waals surface area contributed by atoms with E-state index in [-0.39, 0.29) is 6.61 Å². The number of aryl methyl sites for hydroxylation is 1. The molecule has 9 nitrogen and oxygen atoms in total. The van der Waals surface area contributed by atoms with E-state index in [2.05, 4.69) is 46.6 Å². The largest absolute Gasteiger partial charge is 0.486 e. The Bertz CT molecular complexity index is 1960. The molecule has 1 N–H and O–H groups in total. The second-order valence-electron chi connectivity index (χ2n) is 9.44. The van der Waals surface area contributed by atoms with Crippen LogP contribution < -0.4 is 15.2 Å². The summed E-state index contributed by atoms with van der Waals surface area (Å²) in [4.78, 5) is 41.7. The van der Waals surface area contributed by atoms with Crippen LogP contribution in [0.1, 0.15) is 10.6 Å². The summed E-state index contributed by atoms with van der Waals surface area (Å²) in [5.74, 6) is -0.327. The third kappa shape index (κ3) is 5.74. The lowest BCUT2D eigenvalue weighted by Gasteiger charge is -2.09. The molecule has 2 aromatic heterocycles. The highest BCUT2D eigenvalue weighted by Crippen LogP contribution is 2.39. The molecule has 0 aliphatic carbocycles. The zero-order valence-corrected chi connectivity index (χ0v) is 23.1. The number of ether oxygens (including phenoxy) is 2. The monoisotopic (exact) mass is 577 g/mol. The first kappa shape index (κ1) is 26.9. The molecule has 0 aliphatic heterocycles. The summed E-state index contributed by atoms with van der Waals surface area (Å²) in [6.45, 7) is 1.61. The van der Waals surface area contributed by atoms with Gasteiger partial charge in [-0.05, 0) is 59.5 Å². The normalized spacial score (nSPS) is 11.0. The molecule has 10 heteroatoms. The lowest BCUT2D eigenvalue weighted by Crippen LogP contribution is -2.08. The number of rotatable bonds is 9. The van der Waals surface area contributed by atoms with Crippen LogP contribution in [0.4, 0.5) is 0 Å². The van der Waals surface area contributed by atoms with Crippen molar-refractivity contribution in [2.45, 2.75) is 13.5 Å². The molecule has 6 aromatic rings. The molecule has 2 heterocycles. The molecule has 0 radical (unpaired) electrons. The Labute approximate surface area is 243 Å². The Hall–Kier alpha value is -5.35. The molecule has 0 aliphatic rings. The third-order valence-electron chi connectivity index (χ3n) is 6.58. The van der Waals surface area contributed by atoms with Crippen molar-refractivity contribution in [2.75, 3.05) is 6.61 Å². The molecule has 1 amide bonds. The van der Waals surface area contributed by atoms with Crippen molar-refractivity contribution < 1.29 is 18.7 Å². The van der Waals surface area contributed by atoms with Gasteiger partial charge in [0.05, 0.1) is 16.1 Å². The van der Waals surface area contributed by atoms with E-state index in [1.165, 1.54) is 11.3 Å². The van der Waals surface area contributed by atoms with Gasteiger partial charge in [-0.2, -0.15) is 0 Å². The van der Waals surface area contributed by atoms with E-state index in [1.54, 1.807) is 24.3 Å². The van der Waals surface area contributed by atoms with E-state index in [0.717, 1.165) is 43.4 Å². The molecule has 0 bridgehead atoms. The Morgan fingerprint density at radius 1 is 0.905 bits per heavy atom. The van der Waals surface area contributed by atoms with Crippen molar-refractivity contribution >= 4 is 28.3 Å². The first-order valence-electron chi connectivity index (χ1n) is 13.0. The molecule has 0 saturated heterocycles. The second-order valence-corrected chi connectivity index (χ2v) is 10.5. The average Bonchev–Trinajstić information content (AvgIpc) is 3.62. The SMILES string of the molecule is Cc1cc(OCc2nc(-c3ccc4[nH]c(=O)oc4c3)c(-c3ccc(-c4ccccc4)cc3)s2)ccc1OCC(=O)N=O. The van der Waals surface area contributed by atoms with Crippen LogP contribution in [0.15, 0.2) is 105 Å². The Balaban J connectivity index is 1.29. The maximum absolute atomic E-state index is 11.7. The summed E-state index contributed by atoms with van der Waals surface area (Å²) in [5.41, 5.74) is 6.63. The number of oxazole rings is 1. The number of carbonyl (C=O) groups excluding carboxylic acids is 1. The van der Waals surface area contributed by atoms with E-state index in [4.69, 9.17) is 18.9 Å². The summed E-state index contributed by atoms with van der Waals surface area (Å²) in [6.07, 6.45) is 0. The van der Waals surface area contributed by atoms with Gasteiger partial charge in [0.1, 0.15) is 23.1 Å². The van der Waals surface area contributed by atoms with Gasteiger partial charge in [0.15, 0.2) is 12.2 Å². The number of hydrogen-bond donors (Lipinski definition) is 1. The van der Waals surface area contributed by atoms with Crippen LogP contribution >= 0.6 is 11.3 Å². The van der Waals surface area contributed by atoms with Crippen LogP contribution in [0.2, 0.25) is 0 Å². The van der Waals surface area contributed by atoms with Crippen molar-refractivity contribution in [3.8, 4) is 44.3 Å². The van der Waals surface area contributed by atoms with E-state index in [1.807, 2.05) is 37.3 Å². The number of aromatic nitrogens is 2. The van der Waals surface area contributed by atoms with Gasteiger partial charge in [0.25, 0.3) is 0 Å². The van der Waals surface area contributed by atoms with Crippen molar-refractivity contribution in [3.05, 3.63) is 117 Å². The predicted molar refractivity (Wildman–Crippen MR) is 161 cm³/mol. The fourth-order valence-electron chi connectivity index (χ4n) is 4.54. The lowest BCUT2D eigenvalue weighted by atomic mass is 10.0. The number of fused-ring (bicyclic) bond motifs is 1. The topological polar surface area (TPSA) is 124 Å². The fraction of sp³-hybridized carbons (Fsp3) is 0.0938. The number of H-pyrrole nitrogens is 1. The molecule has 0 saturated carbocycles. The van der Waals surface area contributed by atoms with Crippen LogP contribution in [0, 0.1) is 11.8 Å². The van der Waals surface area contributed by atoms with Gasteiger partial charge in [0, 0.05) is 10.7 Å². The quantitative estimate of drug-likeness (QED) is 0.181. The van der Waals surface area contributed by atoms with Crippen molar-refractivity contribution in [1.82, 2.24) is 9.97 Å². The lowest BCUT2D eigenvalue weighted by molar-refractivity contribution is -0.119. The number of hydrogen-bond acceptors (Lipinski definition) is 8. The minimum Gasteiger partial charge on any atom is -0.486 e. The molecular formula is C32H23N3O6S. The first-order chi connectivity index (χ1) is 20.5. The Morgan fingerprint density at radius 2 is 1.64 bits per heavy atom. The minimum atomic E-state index is -0.877. The molecule has 0 spiro atoms. The minimum absolute atomic E-state index is 0.217. The summed E-state index contributed by atoms with van der Waals surface area (Å²) >= 11 is 1.52. The number of benzene rings is 4. The zero-order chi connectivity index (χ0) is 29.1. The number of carbonyl (C=O) groups is 1. The van der Waals surface area contributed by atoms with E-state index in [9.17, 15) is 14.5 Å². The van der Waals surface area contributed by atoms with Crippen LogP contribution in [-0.4, -0.2) is 22.5 Å². The Morgan fingerprint density at radius 3 is 2.40 bits per heavy atom. The molecule has 0 fully saturated rings. The molecule has 42 heavy (non-hydrogen) atoms. The first-order valence-corrected chi connectivity index (χ1v) is 13.8. The second kappa shape index (κ2) is 11.6. The smallest absolute Gasteiger partial charge is 0.417 e. The molecule has 0 unspecified atom stereocenters. The van der Waals surface area contributed by atoms with Gasteiger partial charge in [0.2, 0.25) is 0 Å². The number of nitroso groups, excluding NO2 is 1. The van der Waals surface area contributed by atoms with Crippen molar-refractivity contribution in [1.29, 1.82) is 0 Å². The molecule has 0 atom stereocenters. The van der Waals surface area contributed by atoms with Gasteiger partial charge in [-0.15, -0.1) is 16.2 Å². The van der Waals surface area contributed by atoms with Crippen LogP contribution in [-0.2, 0) is 11.4 Å². The summed E-state index contributed by atoms with van der Waals surface area (Å²) in [6, 6.07) is 29.2. The van der Waals surface area contributed by atoms with E-state index >= 15 is 0 Å². The van der Waals surface area contributed by atoms with Gasteiger partial charge >= 0.3 is 11.7 Å². The Kier molecular flexibility index (Phi) is 7.44. The zero-order valence-electron chi connectivity index (χ0n) is 22.3. The van der Waals surface area contributed by atoms with Gasteiger partial charge in [-0.3, -0.25) is 9.78 Å². The highest BCUT2D eigenvalue weighted by molar-refractivity contribution is 7.15. The van der Waals surface area contributed by atoms with Gasteiger partial charge in [-0.25, -0.2) is 9.78 Å². The summed E-state index contributed by atoms with van der Waals surface area (Å²) < 4.78 is 16.7. The van der Waals surface area contributed by atoms with Gasteiger partial charge in [-0.1, -0.05) is 60.7 Å². The standard InChI is InChI=1S/C32H23N3O6S/c1-19-15-24(12-14-26(19)40-17-28(36)35-38)39-18-29-34-30(23-11-13-25-27(16-23)41-32(37)33-25)31(42-29)22-9-7-21(8-10-22)20-5-3-2-4-6-20/h2-16H,17-18H2,1H3,(H,33,37). The number of thiazole rings is 1. The number of amides is 1. The maximum atomic E-state index is 11.7. The highest BCUT2D eigenvalue weighted by atomic mass is 32.1. The molecule has 4 aromatic carbocycles. The highest BCUT2D eigenvalue weighted by Gasteiger charge is 2.17. The van der Waals surface area contributed by atoms with Crippen LogP contribution in [0.5, 0.6) is 11.5 Å². The molecular weight excluding hydrogens is 554 g/mol. The average molecular weight is 578 g/mol.